The fourth-order valence-corrected chi connectivity index (χ4v) is 4.61. The first kappa shape index (κ1) is 21.0. The van der Waals surface area contributed by atoms with E-state index in [1.54, 1.807) is 37.6 Å². The molecule has 33 heavy (non-hydrogen) atoms. The monoisotopic (exact) mass is 442 g/mol. The number of para-hydroxylation sites is 1. The maximum absolute atomic E-state index is 13.2. The number of piperazine rings is 1. The van der Waals surface area contributed by atoms with Crippen molar-refractivity contribution in [1.29, 1.82) is 0 Å². The molecule has 0 saturated carbocycles. The topological polar surface area (TPSA) is 65.9 Å². The van der Waals surface area contributed by atoms with Crippen LogP contribution in [0.5, 0.6) is 0 Å². The zero-order valence-corrected chi connectivity index (χ0v) is 18.4. The van der Waals surface area contributed by atoms with Gasteiger partial charge in [-0.15, -0.1) is 0 Å². The van der Waals surface area contributed by atoms with Crippen molar-refractivity contribution < 1.29 is 14.4 Å². The molecule has 0 atom stereocenters. The van der Waals surface area contributed by atoms with Crippen LogP contribution >= 0.6 is 0 Å². The number of fused-ring (bicyclic) bond motifs is 1. The minimum atomic E-state index is -0.110. The van der Waals surface area contributed by atoms with Crippen molar-refractivity contribution in [1.82, 2.24) is 14.4 Å². The van der Waals surface area contributed by atoms with Crippen LogP contribution in [0.4, 0.5) is 5.69 Å². The SMILES string of the molecule is O=C(c1ccccc1)N1CCN(C(=O)c2cccn2CC(=O)N2CCc3ccccc32)CC1. The van der Waals surface area contributed by atoms with E-state index >= 15 is 0 Å². The van der Waals surface area contributed by atoms with E-state index in [0.29, 0.717) is 44.0 Å². The minimum absolute atomic E-state index is 0.0115. The number of aromatic nitrogens is 1. The first-order chi connectivity index (χ1) is 16.1. The van der Waals surface area contributed by atoms with Gasteiger partial charge in [0.2, 0.25) is 5.91 Å². The van der Waals surface area contributed by atoms with Crippen molar-refractivity contribution in [3.63, 3.8) is 0 Å². The van der Waals surface area contributed by atoms with Gasteiger partial charge in [0, 0.05) is 50.2 Å². The number of carbonyl (C=O) groups is 3. The number of anilines is 1. The molecule has 3 heterocycles. The highest BCUT2D eigenvalue weighted by atomic mass is 16.2. The smallest absolute Gasteiger partial charge is 0.270 e. The van der Waals surface area contributed by atoms with Crippen molar-refractivity contribution in [3.8, 4) is 0 Å². The van der Waals surface area contributed by atoms with E-state index < -0.39 is 0 Å². The average Bonchev–Trinajstić information content (AvgIpc) is 3.51. The second-order valence-corrected chi connectivity index (χ2v) is 8.40. The summed E-state index contributed by atoms with van der Waals surface area (Å²) in [6.45, 7) is 2.70. The Morgan fingerprint density at radius 2 is 1.36 bits per heavy atom. The van der Waals surface area contributed by atoms with Gasteiger partial charge in [-0.05, 0) is 42.3 Å². The first-order valence-electron chi connectivity index (χ1n) is 11.3. The molecular weight excluding hydrogens is 416 g/mol. The predicted octanol–water partition coefficient (Wildman–Crippen LogP) is 2.68. The Hall–Kier alpha value is -3.87. The van der Waals surface area contributed by atoms with Crippen LogP contribution in [-0.2, 0) is 17.8 Å². The Kier molecular flexibility index (Phi) is 5.69. The van der Waals surface area contributed by atoms with Gasteiger partial charge in [-0.1, -0.05) is 36.4 Å². The molecule has 2 aromatic carbocycles. The number of benzene rings is 2. The Balaban J connectivity index is 1.22. The second kappa shape index (κ2) is 8.94. The molecule has 3 amide bonds. The number of hydrogen-bond acceptors (Lipinski definition) is 3. The van der Waals surface area contributed by atoms with Gasteiger partial charge in [0.05, 0.1) is 0 Å². The van der Waals surface area contributed by atoms with Crippen LogP contribution < -0.4 is 4.90 Å². The zero-order valence-electron chi connectivity index (χ0n) is 18.4. The van der Waals surface area contributed by atoms with Gasteiger partial charge in [0.25, 0.3) is 11.8 Å². The van der Waals surface area contributed by atoms with Crippen LogP contribution in [0.25, 0.3) is 0 Å². The van der Waals surface area contributed by atoms with Crippen LogP contribution in [0, 0.1) is 0 Å². The van der Waals surface area contributed by atoms with Crippen molar-refractivity contribution in [2.75, 3.05) is 37.6 Å². The van der Waals surface area contributed by atoms with E-state index in [2.05, 4.69) is 6.07 Å². The van der Waals surface area contributed by atoms with Gasteiger partial charge in [0.15, 0.2) is 0 Å². The molecule has 7 heteroatoms. The van der Waals surface area contributed by atoms with Crippen molar-refractivity contribution in [3.05, 3.63) is 89.7 Å². The highest BCUT2D eigenvalue weighted by molar-refractivity contribution is 5.97. The summed E-state index contributed by atoms with van der Waals surface area (Å²) in [5.74, 6) is -0.146. The van der Waals surface area contributed by atoms with E-state index in [4.69, 9.17) is 0 Å². The maximum atomic E-state index is 13.2. The van der Waals surface area contributed by atoms with Crippen molar-refractivity contribution >= 4 is 23.4 Å². The molecule has 0 unspecified atom stereocenters. The van der Waals surface area contributed by atoms with E-state index in [-0.39, 0.29) is 24.3 Å². The molecule has 0 aliphatic carbocycles. The molecule has 2 aliphatic rings. The first-order valence-corrected chi connectivity index (χ1v) is 11.3. The normalized spacial score (nSPS) is 15.5. The Morgan fingerprint density at radius 3 is 2.12 bits per heavy atom. The lowest BCUT2D eigenvalue weighted by Crippen LogP contribution is -2.51. The molecule has 0 bridgehead atoms. The third-order valence-electron chi connectivity index (χ3n) is 6.42. The molecule has 0 radical (unpaired) electrons. The number of hydrogen-bond donors (Lipinski definition) is 0. The Bertz CT molecular complexity index is 1180. The molecule has 1 saturated heterocycles. The minimum Gasteiger partial charge on any atom is -0.335 e. The summed E-state index contributed by atoms with van der Waals surface area (Å²) in [5, 5.41) is 0. The quantitative estimate of drug-likeness (QED) is 0.624. The molecule has 0 spiro atoms. The molecule has 2 aliphatic heterocycles. The van der Waals surface area contributed by atoms with Gasteiger partial charge >= 0.3 is 0 Å². The molecular formula is C26H26N4O3. The largest absolute Gasteiger partial charge is 0.335 e. The molecule has 0 N–H and O–H groups in total. The molecule has 168 valence electrons. The maximum Gasteiger partial charge on any atom is 0.270 e. The predicted molar refractivity (Wildman–Crippen MR) is 125 cm³/mol. The Labute approximate surface area is 192 Å². The fourth-order valence-electron chi connectivity index (χ4n) is 4.61. The second-order valence-electron chi connectivity index (χ2n) is 8.40. The summed E-state index contributed by atoms with van der Waals surface area (Å²) in [6, 6.07) is 20.7. The standard InChI is InChI=1S/C26H26N4O3/c31-24(30-14-12-20-7-4-5-10-22(20)30)19-29-13-6-11-23(29)26(33)28-17-15-27(16-18-28)25(32)21-8-2-1-3-9-21/h1-11,13H,12,14-19H2. The zero-order chi connectivity index (χ0) is 22.8. The van der Waals surface area contributed by atoms with Gasteiger partial charge in [-0.2, -0.15) is 0 Å². The summed E-state index contributed by atoms with van der Waals surface area (Å²) in [6.07, 6.45) is 2.63. The molecule has 1 fully saturated rings. The number of rotatable bonds is 4. The third kappa shape index (κ3) is 4.14. The Morgan fingerprint density at radius 1 is 0.697 bits per heavy atom. The van der Waals surface area contributed by atoms with E-state index in [9.17, 15) is 14.4 Å². The number of nitrogens with zero attached hydrogens (tertiary/aromatic N) is 4. The van der Waals surface area contributed by atoms with Crippen molar-refractivity contribution in [2.24, 2.45) is 0 Å². The van der Waals surface area contributed by atoms with Gasteiger partial charge in [-0.25, -0.2) is 0 Å². The summed E-state index contributed by atoms with van der Waals surface area (Å²) in [4.78, 5) is 44.2. The average molecular weight is 443 g/mol. The van der Waals surface area contributed by atoms with Crippen LogP contribution in [0.3, 0.4) is 0 Å². The summed E-state index contributed by atoms with van der Waals surface area (Å²) >= 11 is 0. The molecule has 7 nitrogen and oxygen atoms in total. The molecule has 5 rings (SSSR count). The van der Waals surface area contributed by atoms with E-state index in [0.717, 1.165) is 12.1 Å². The molecule has 3 aromatic rings. The number of carbonyl (C=O) groups excluding carboxylic acids is 3. The lowest BCUT2D eigenvalue weighted by Gasteiger charge is -2.35. The van der Waals surface area contributed by atoms with Crippen LogP contribution in [0.15, 0.2) is 72.9 Å². The fraction of sp³-hybridized carbons (Fsp3) is 0.269. The lowest BCUT2D eigenvalue weighted by molar-refractivity contribution is -0.119. The van der Waals surface area contributed by atoms with Gasteiger partial charge in [-0.3, -0.25) is 14.4 Å². The van der Waals surface area contributed by atoms with Crippen molar-refractivity contribution in [2.45, 2.75) is 13.0 Å². The van der Waals surface area contributed by atoms with Crippen LogP contribution in [0.1, 0.15) is 26.4 Å². The highest BCUT2D eigenvalue weighted by Crippen LogP contribution is 2.27. The lowest BCUT2D eigenvalue weighted by atomic mass is 10.2. The van der Waals surface area contributed by atoms with Crippen LogP contribution in [0.2, 0.25) is 0 Å². The van der Waals surface area contributed by atoms with Gasteiger partial charge in [0.1, 0.15) is 12.2 Å². The number of amides is 3. The van der Waals surface area contributed by atoms with E-state index in [1.807, 2.05) is 48.5 Å². The van der Waals surface area contributed by atoms with E-state index in [1.165, 1.54) is 5.56 Å². The third-order valence-corrected chi connectivity index (χ3v) is 6.42. The molecule has 1 aromatic heterocycles. The van der Waals surface area contributed by atoms with Gasteiger partial charge < -0.3 is 19.3 Å². The summed E-state index contributed by atoms with van der Waals surface area (Å²) in [5.41, 5.74) is 3.30. The highest BCUT2D eigenvalue weighted by Gasteiger charge is 2.28. The van der Waals surface area contributed by atoms with Crippen LogP contribution in [-0.4, -0.2) is 64.8 Å². The summed E-state index contributed by atoms with van der Waals surface area (Å²) < 4.78 is 1.73. The summed E-state index contributed by atoms with van der Waals surface area (Å²) in [7, 11) is 0.